The van der Waals surface area contributed by atoms with Crippen LogP contribution in [0.15, 0.2) is 0 Å². The predicted octanol–water partition coefficient (Wildman–Crippen LogP) is -0.649. The largest absolute Gasteiger partial charge is 0.378 e. The van der Waals surface area contributed by atoms with Crippen molar-refractivity contribution in [2.75, 3.05) is 19.8 Å². The van der Waals surface area contributed by atoms with E-state index in [2.05, 4.69) is 4.18 Å². The SMILES string of the molecule is C[C@@H]1COC[C@@H]2COS(=O)(=O)N21. The molecule has 0 saturated carbocycles. The van der Waals surface area contributed by atoms with Crippen LogP contribution in [0.3, 0.4) is 0 Å². The number of nitrogens with zero attached hydrogens (tertiary/aromatic N) is 1. The van der Waals surface area contributed by atoms with Gasteiger partial charge in [-0.05, 0) is 6.92 Å². The van der Waals surface area contributed by atoms with E-state index in [9.17, 15) is 8.42 Å². The van der Waals surface area contributed by atoms with E-state index in [1.54, 1.807) is 0 Å². The molecule has 0 bridgehead atoms. The van der Waals surface area contributed by atoms with E-state index in [4.69, 9.17) is 4.74 Å². The van der Waals surface area contributed by atoms with Crippen LogP contribution in [0.25, 0.3) is 0 Å². The van der Waals surface area contributed by atoms with Gasteiger partial charge in [0.2, 0.25) is 0 Å². The molecular weight excluding hydrogens is 182 g/mol. The molecule has 0 unspecified atom stereocenters. The number of rotatable bonds is 0. The third kappa shape index (κ3) is 1.15. The first-order chi connectivity index (χ1) is 5.61. The van der Waals surface area contributed by atoms with Crippen LogP contribution in [0.4, 0.5) is 0 Å². The minimum Gasteiger partial charge on any atom is -0.378 e. The van der Waals surface area contributed by atoms with Crippen molar-refractivity contribution in [3.05, 3.63) is 0 Å². The van der Waals surface area contributed by atoms with Crippen molar-refractivity contribution >= 4 is 10.3 Å². The highest BCUT2D eigenvalue weighted by atomic mass is 32.2. The minimum atomic E-state index is -3.44. The molecule has 2 fully saturated rings. The van der Waals surface area contributed by atoms with E-state index in [1.165, 1.54) is 4.31 Å². The Balaban J connectivity index is 2.29. The van der Waals surface area contributed by atoms with Crippen LogP contribution in [0.1, 0.15) is 6.92 Å². The molecule has 0 N–H and O–H groups in total. The van der Waals surface area contributed by atoms with Crippen LogP contribution in [-0.2, 0) is 19.2 Å². The third-order valence-corrected chi connectivity index (χ3v) is 3.74. The van der Waals surface area contributed by atoms with Crippen molar-refractivity contribution < 1.29 is 17.3 Å². The molecule has 0 radical (unpaired) electrons. The Hall–Kier alpha value is -0.170. The van der Waals surface area contributed by atoms with Gasteiger partial charge in [-0.1, -0.05) is 0 Å². The highest BCUT2D eigenvalue weighted by Gasteiger charge is 2.44. The Morgan fingerprint density at radius 3 is 2.75 bits per heavy atom. The lowest BCUT2D eigenvalue weighted by atomic mass is 10.2. The Bertz CT molecular complexity index is 275. The van der Waals surface area contributed by atoms with E-state index in [-0.39, 0.29) is 18.7 Å². The van der Waals surface area contributed by atoms with Crippen LogP contribution < -0.4 is 0 Å². The molecule has 12 heavy (non-hydrogen) atoms. The molecular formula is C6H11NO4S. The van der Waals surface area contributed by atoms with E-state index < -0.39 is 10.3 Å². The van der Waals surface area contributed by atoms with Crippen molar-refractivity contribution in [2.24, 2.45) is 0 Å². The zero-order chi connectivity index (χ0) is 8.77. The summed E-state index contributed by atoms with van der Waals surface area (Å²) in [5, 5.41) is 0. The minimum absolute atomic E-state index is 0.101. The number of hydrogen-bond acceptors (Lipinski definition) is 4. The van der Waals surface area contributed by atoms with Crippen LogP contribution in [0.2, 0.25) is 0 Å². The maximum atomic E-state index is 11.3. The Kier molecular flexibility index (Phi) is 1.87. The molecule has 2 heterocycles. The van der Waals surface area contributed by atoms with Gasteiger partial charge in [-0.15, -0.1) is 0 Å². The van der Waals surface area contributed by atoms with Crippen molar-refractivity contribution in [3.8, 4) is 0 Å². The van der Waals surface area contributed by atoms with Gasteiger partial charge in [0.25, 0.3) is 0 Å². The molecule has 6 heteroatoms. The zero-order valence-corrected chi connectivity index (χ0v) is 7.58. The summed E-state index contributed by atoms with van der Waals surface area (Å²) in [4.78, 5) is 0. The summed E-state index contributed by atoms with van der Waals surface area (Å²) in [7, 11) is -3.44. The second-order valence-electron chi connectivity index (χ2n) is 3.11. The summed E-state index contributed by atoms with van der Waals surface area (Å²) in [6.45, 7) is 2.95. The number of ether oxygens (including phenoxy) is 1. The maximum Gasteiger partial charge on any atom is 0.339 e. The first-order valence-corrected chi connectivity index (χ1v) is 5.23. The summed E-state index contributed by atoms with van der Waals surface area (Å²) < 4.78 is 33.8. The molecule has 0 amide bonds. The van der Waals surface area contributed by atoms with Crippen molar-refractivity contribution in [1.82, 2.24) is 4.31 Å². The van der Waals surface area contributed by atoms with Gasteiger partial charge in [0.05, 0.1) is 25.9 Å². The number of morpholine rings is 1. The summed E-state index contributed by atoms with van der Waals surface area (Å²) >= 11 is 0. The van der Waals surface area contributed by atoms with E-state index in [0.29, 0.717) is 13.2 Å². The normalized spacial score (nSPS) is 41.1. The first-order valence-electron chi connectivity index (χ1n) is 3.87. The predicted molar refractivity (Wildman–Crippen MR) is 40.8 cm³/mol. The van der Waals surface area contributed by atoms with Gasteiger partial charge in [0.1, 0.15) is 0 Å². The van der Waals surface area contributed by atoms with Gasteiger partial charge in [-0.3, -0.25) is 4.18 Å². The highest BCUT2D eigenvalue weighted by Crippen LogP contribution is 2.25. The second-order valence-corrected chi connectivity index (χ2v) is 4.63. The molecule has 0 aromatic heterocycles. The Morgan fingerprint density at radius 2 is 2.08 bits per heavy atom. The molecule has 2 saturated heterocycles. The standard InChI is InChI=1S/C6H11NO4S/c1-5-2-10-3-6-4-11-12(8,9)7(5)6/h5-6H,2-4H2,1H3/t5-,6-/m1/s1. The molecule has 0 aliphatic carbocycles. The summed E-state index contributed by atoms with van der Waals surface area (Å²) in [5.74, 6) is 0. The van der Waals surface area contributed by atoms with Gasteiger partial charge in [-0.2, -0.15) is 12.7 Å². The Morgan fingerprint density at radius 1 is 1.33 bits per heavy atom. The molecule has 0 aromatic rings. The molecule has 0 aromatic carbocycles. The molecule has 5 nitrogen and oxygen atoms in total. The number of hydrogen-bond donors (Lipinski definition) is 0. The summed E-state index contributed by atoms with van der Waals surface area (Å²) in [6.07, 6.45) is 0. The lowest BCUT2D eigenvalue weighted by Gasteiger charge is -2.31. The smallest absolute Gasteiger partial charge is 0.339 e. The quantitative estimate of drug-likeness (QED) is 0.513. The maximum absolute atomic E-state index is 11.3. The average Bonchev–Trinajstić information content (AvgIpc) is 2.29. The molecule has 2 atom stereocenters. The van der Waals surface area contributed by atoms with Crippen LogP contribution in [0, 0.1) is 0 Å². The molecule has 2 rings (SSSR count). The fraction of sp³-hybridized carbons (Fsp3) is 1.00. The summed E-state index contributed by atoms with van der Waals surface area (Å²) in [6, 6.07) is -0.213. The van der Waals surface area contributed by atoms with E-state index >= 15 is 0 Å². The highest BCUT2D eigenvalue weighted by molar-refractivity contribution is 7.84. The van der Waals surface area contributed by atoms with Gasteiger partial charge in [0, 0.05) is 6.04 Å². The molecule has 2 aliphatic rings. The topological polar surface area (TPSA) is 55.8 Å². The van der Waals surface area contributed by atoms with E-state index in [0.717, 1.165) is 0 Å². The van der Waals surface area contributed by atoms with Crippen LogP contribution >= 0.6 is 0 Å². The second kappa shape index (κ2) is 2.66. The fourth-order valence-corrected chi connectivity index (χ4v) is 3.07. The molecule has 70 valence electrons. The first kappa shape index (κ1) is 8.43. The van der Waals surface area contributed by atoms with Gasteiger partial charge < -0.3 is 4.74 Å². The van der Waals surface area contributed by atoms with E-state index in [1.807, 2.05) is 6.92 Å². The monoisotopic (exact) mass is 193 g/mol. The van der Waals surface area contributed by atoms with Gasteiger partial charge >= 0.3 is 10.3 Å². The molecule has 0 spiro atoms. The number of fused-ring (bicyclic) bond motifs is 1. The fourth-order valence-electron chi connectivity index (χ4n) is 1.63. The van der Waals surface area contributed by atoms with Gasteiger partial charge in [0.15, 0.2) is 0 Å². The zero-order valence-electron chi connectivity index (χ0n) is 6.76. The average molecular weight is 193 g/mol. The molecule has 2 aliphatic heterocycles. The van der Waals surface area contributed by atoms with Crippen LogP contribution in [0.5, 0.6) is 0 Å². The third-order valence-electron chi connectivity index (χ3n) is 2.13. The lowest BCUT2D eigenvalue weighted by molar-refractivity contribution is 0.00653. The van der Waals surface area contributed by atoms with Crippen molar-refractivity contribution in [3.63, 3.8) is 0 Å². The van der Waals surface area contributed by atoms with Gasteiger partial charge in [-0.25, -0.2) is 0 Å². The van der Waals surface area contributed by atoms with Crippen LogP contribution in [-0.4, -0.2) is 44.6 Å². The Labute approximate surface area is 71.5 Å². The lowest BCUT2D eigenvalue weighted by Crippen LogP contribution is -2.49. The summed E-state index contributed by atoms with van der Waals surface area (Å²) in [5.41, 5.74) is 0. The van der Waals surface area contributed by atoms with Crippen molar-refractivity contribution in [2.45, 2.75) is 19.0 Å². The van der Waals surface area contributed by atoms with Crippen molar-refractivity contribution in [1.29, 1.82) is 0 Å².